The summed E-state index contributed by atoms with van der Waals surface area (Å²) >= 11 is 9.58. The van der Waals surface area contributed by atoms with E-state index in [1.54, 1.807) is 22.9 Å². The van der Waals surface area contributed by atoms with Gasteiger partial charge in [0.1, 0.15) is 0 Å². The summed E-state index contributed by atoms with van der Waals surface area (Å²) in [4.78, 5) is 25.4. The van der Waals surface area contributed by atoms with E-state index in [-0.39, 0.29) is 5.91 Å². The maximum absolute atomic E-state index is 13.3. The van der Waals surface area contributed by atoms with Crippen molar-refractivity contribution in [1.82, 2.24) is 9.97 Å². The molecular formula is C25H24ClN3OS2. The number of carbonyl (C=O) groups is 1. The number of fused-ring (bicyclic) bond motifs is 1. The van der Waals surface area contributed by atoms with Crippen LogP contribution in [0.25, 0.3) is 10.2 Å². The van der Waals surface area contributed by atoms with Crippen molar-refractivity contribution in [2.45, 2.75) is 38.1 Å². The molecule has 0 bridgehead atoms. The number of amides is 1. The molecule has 0 N–H and O–H groups in total. The SMILES string of the molecule is Cc1ccc(SCCCC(=O)N(Cc2ccccn2)c2nc3c(C)c(Cl)ccc3s2)cc1. The lowest BCUT2D eigenvalue weighted by atomic mass is 10.2. The summed E-state index contributed by atoms with van der Waals surface area (Å²) in [6.45, 7) is 4.44. The van der Waals surface area contributed by atoms with E-state index in [0.29, 0.717) is 23.1 Å². The summed E-state index contributed by atoms with van der Waals surface area (Å²) < 4.78 is 1.02. The van der Waals surface area contributed by atoms with Crippen molar-refractivity contribution in [2.75, 3.05) is 10.7 Å². The van der Waals surface area contributed by atoms with Gasteiger partial charge in [-0.25, -0.2) is 4.98 Å². The zero-order chi connectivity index (χ0) is 22.5. The number of nitrogens with zero attached hydrogens (tertiary/aromatic N) is 3. The van der Waals surface area contributed by atoms with E-state index in [1.165, 1.54) is 21.8 Å². The van der Waals surface area contributed by atoms with Gasteiger partial charge >= 0.3 is 0 Å². The van der Waals surface area contributed by atoms with Gasteiger partial charge in [0, 0.05) is 22.5 Å². The molecule has 0 radical (unpaired) electrons. The molecule has 0 atom stereocenters. The van der Waals surface area contributed by atoms with E-state index >= 15 is 0 Å². The first-order valence-electron chi connectivity index (χ1n) is 10.5. The number of anilines is 1. The highest BCUT2D eigenvalue weighted by molar-refractivity contribution is 7.99. The molecule has 0 spiro atoms. The molecule has 0 fully saturated rings. The Morgan fingerprint density at radius 1 is 1.09 bits per heavy atom. The summed E-state index contributed by atoms with van der Waals surface area (Å²) in [6, 6.07) is 18.1. The van der Waals surface area contributed by atoms with Crippen LogP contribution in [0.2, 0.25) is 5.02 Å². The number of pyridine rings is 1. The number of rotatable bonds is 8. The van der Waals surface area contributed by atoms with Crippen molar-refractivity contribution in [2.24, 2.45) is 0 Å². The van der Waals surface area contributed by atoms with E-state index in [1.807, 2.05) is 37.3 Å². The van der Waals surface area contributed by atoms with Crippen molar-refractivity contribution in [3.8, 4) is 0 Å². The minimum atomic E-state index is 0.0583. The molecular weight excluding hydrogens is 458 g/mol. The standard InChI is InChI=1S/C25H24ClN3OS2/c1-17-8-10-20(11-9-17)31-15-5-7-23(30)29(16-19-6-3-4-14-27-19)25-28-24-18(2)21(26)12-13-22(24)32-25/h3-4,6,8-14H,5,7,15-16H2,1-2H3. The molecule has 4 nitrogen and oxygen atoms in total. The van der Waals surface area contributed by atoms with Gasteiger partial charge in [-0.2, -0.15) is 0 Å². The summed E-state index contributed by atoms with van der Waals surface area (Å²) in [7, 11) is 0. The molecule has 2 heterocycles. The molecule has 0 unspecified atom stereocenters. The summed E-state index contributed by atoms with van der Waals surface area (Å²) in [5, 5.41) is 1.37. The van der Waals surface area contributed by atoms with Crippen molar-refractivity contribution in [3.05, 3.63) is 82.6 Å². The van der Waals surface area contributed by atoms with Crippen LogP contribution in [0.4, 0.5) is 5.13 Å². The molecule has 0 aliphatic heterocycles. The lowest BCUT2D eigenvalue weighted by Gasteiger charge is -2.19. The first kappa shape index (κ1) is 22.8. The Hall–Kier alpha value is -2.41. The number of aryl methyl sites for hydroxylation is 2. The van der Waals surface area contributed by atoms with Gasteiger partial charge < -0.3 is 0 Å². The van der Waals surface area contributed by atoms with E-state index in [0.717, 1.165) is 33.6 Å². The Labute approximate surface area is 201 Å². The molecule has 164 valence electrons. The van der Waals surface area contributed by atoms with Crippen LogP contribution >= 0.6 is 34.7 Å². The lowest BCUT2D eigenvalue weighted by molar-refractivity contribution is -0.118. The highest BCUT2D eigenvalue weighted by atomic mass is 35.5. The number of hydrogen-bond acceptors (Lipinski definition) is 5. The monoisotopic (exact) mass is 481 g/mol. The van der Waals surface area contributed by atoms with E-state index in [2.05, 4.69) is 36.2 Å². The van der Waals surface area contributed by atoms with E-state index in [4.69, 9.17) is 16.6 Å². The number of halogens is 1. The molecule has 4 rings (SSSR count). The van der Waals surface area contributed by atoms with Crippen molar-refractivity contribution in [1.29, 1.82) is 0 Å². The van der Waals surface area contributed by atoms with Gasteiger partial charge in [0.15, 0.2) is 5.13 Å². The van der Waals surface area contributed by atoms with Crippen molar-refractivity contribution < 1.29 is 4.79 Å². The average Bonchev–Trinajstić information content (AvgIpc) is 3.24. The Balaban J connectivity index is 1.49. The zero-order valence-electron chi connectivity index (χ0n) is 18.0. The normalized spacial score (nSPS) is 11.1. The molecule has 2 aromatic carbocycles. The lowest BCUT2D eigenvalue weighted by Crippen LogP contribution is -2.30. The first-order chi connectivity index (χ1) is 15.5. The minimum absolute atomic E-state index is 0.0583. The summed E-state index contributed by atoms with van der Waals surface area (Å²) in [5.41, 5.74) is 3.88. The highest BCUT2D eigenvalue weighted by Crippen LogP contribution is 2.34. The van der Waals surface area contributed by atoms with Crippen LogP contribution in [0, 0.1) is 13.8 Å². The van der Waals surface area contributed by atoms with Crippen LogP contribution in [0.3, 0.4) is 0 Å². The summed E-state index contributed by atoms with van der Waals surface area (Å²) in [6.07, 6.45) is 3.01. The Morgan fingerprint density at radius 2 is 1.91 bits per heavy atom. The van der Waals surface area contributed by atoms with Gasteiger partial charge in [0.05, 0.1) is 22.5 Å². The fraction of sp³-hybridized carbons (Fsp3) is 0.240. The molecule has 0 saturated heterocycles. The molecule has 7 heteroatoms. The van der Waals surface area contributed by atoms with Gasteiger partial charge in [0.25, 0.3) is 0 Å². The van der Waals surface area contributed by atoms with E-state index < -0.39 is 0 Å². The molecule has 2 aromatic heterocycles. The smallest absolute Gasteiger partial charge is 0.229 e. The second kappa shape index (κ2) is 10.5. The maximum atomic E-state index is 13.3. The number of thiazole rings is 1. The van der Waals surface area contributed by atoms with Gasteiger partial charge in [-0.15, -0.1) is 11.8 Å². The minimum Gasteiger partial charge on any atom is -0.282 e. The third-order valence-electron chi connectivity index (χ3n) is 5.14. The van der Waals surface area contributed by atoms with Gasteiger partial charge in [0.2, 0.25) is 5.91 Å². The second-order valence-corrected chi connectivity index (χ2v) is 10.2. The summed E-state index contributed by atoms with van der Waals surface area (Å²) in [5.74, 6) is 0.948. The average molecular weight is 482 g/mol. The fourth-order valence-corrected chi connectivity index (χ4v) is 5.35. The predicted molar refractivity (Wildman–Crippen MR) is 136 cm³/mol. The predicted octanol–water partition coefficient (Wildman–Crippen LogP) is 7.07. The molecule has 0 saturated carbocycles. The third kappa shape index (κ3) is 5.49. The third-order valence-corrected chi connectivity index (χ3v) is 7.69. The quantitative estimate of drug-likeness (QED) is 0.199. The zero-order valence-corrected chi connectivity index (χ0v) is 20.4. The van der Waals surface area contributed by atoms with Gasteiger partial charge in [-0.3, -0.25) is 14.7 Å². The van der Waals surface area contributed by atoms with Crippen LogP contribution in [0.5, 0.6) is 0 Å². The molecule has 32 heavy (non-hydrogen) atoms. The van der Waals surface area contributed by atoms with Gasteiger partial charge in [-0.05, 0) is 68.0 Å². The van der Waals surface area contributed by atoms with Crippen LogP contribution < -0.4 is 4.90 Å². The van der Waals surface area contributed by atoms with Crippen LogP contribution in [0.1, 0.15) is 29.7 Å². The van der Waals surface area contributed by atoms with Crippen LogP contribution in [-0.2, 0) is 11.3 Å². The Bertz CT molecular complexity index is 1210. The van der Waals surface area contributed by atoms with E-state index in [9.17, 15) is 4.79 Å². The fourth-order valence-electron chi connectivity index (χ4n) is 3.30. The van der Waals surface area contributed by atoms with Crippen LogP contribution in [0.15, 0.2) is 65.7 Å². The Morgan fingerprint density at radius 3 is 2.66 bits per heavy atom. The molecule has 0 aliphatic rings. The Kier molecular flexibility index (Phi) is 7.45. The number of carbonyl (C=O) groups excluding carboxylic acids is 1. The molecule has 1 amide bonds. The topological polar surface area (TPSA) is 46.1 Å². The first-order valence-corrected chi connectivity index (χ1v) is 12.6. The molecule has 0 aliphatic carbocycles. The molecule has 4 aromatic rings. The number of hydrogen-bond donors (Lipinski definition) is 0. The number of benzene rings is 2. The number of thioether (sulfide) groups is 1. The van der Waals surface area contributed by atoms with Crippen molar-refractivity contribution in [3.63, 3.8) is 0 Å². The largest absolute Gasteiger partial charge is 0.282 e. The second-order valence-electron chi connectivity index (χ2n) is 7.58. The highest BCUT2D eigenvalue weighted by Gasteiger charge is 2.21. The number of aromatic nitrogens is 2. The van der Waals surface area contributed by atoms with Crippen LogP contribution in [-0.4, -0.2) is 21.6 Å². The van der Waals surface area contributed by atoms with Crippen molar-refractivity contribution >= 4 is 56.0 Å². The van der Waals surface area contributed by atoms with Gasteiger partial charge in [-0.1, -0.05) is 46.7 Å². The maximum Gasteiger partial charge on any atom is 0.229 e.